The quantitative estimate of drug-likeness (QED) is 0.0859. The summed E-state index contributed by atoms with van der Waals surface area (Å²) in [5.74, 6) is -1.74. The number of carboxylic acids is 2. The van der Waals surface area contributed by atoms with E-state index in [0.29, 0.717) is 24.2 Å². The van der Waals surface area contributed by atoms with Gasteiger partial charge in [0.2, 0.25) is 12.2 Å². The van der Waals surface area contributed by atoms with Crippen molar-refractivity contribution in [1.29, 1.82) is 0 Å². The summed E-state index contributed by atoms with van der Waals surface area (Å²) in [6.07, 6.45) is 10.1. The third-order valence-electron chi connectivity index (χ3n) is 5.29. The Balaban J connectivity index is 0. The second-order valence-corrected chi connectivity index (χ2v) is 8.93. The largest absolute Gasteiger partial charge is 0.481 e. The van der Waals surface area contributed by atoms with Crippen LogP contribution in [0.3, 0.4) is 0 Å². The zero-order valence-electron chi connectivity index (χ0n) is 24.4. The summed E-state index contributed by atoms with van der Waals surface area (Å²) in [6.45, 7) is 0.956. The number of hydrogen-bond donors (Lipinski definition) is 6. The van der Waals surface area contributed by atoms with Gasteiger partial charge in [-0.1, -0.05) is 37.1 Å². The molecule has 0 aromatic heterocycles. The number of aliphatic carboxylic acids is 2. The summed E-state index contributed by atoms with van der Waals surface area (Å²) < 4.78 is 0. The number of isocyanates is 2. The van der Waals surface area contributed by atoms with Crippen molar-refractivity contribution in [2.75, 3.05) is 26.4 Å². The van der Waals surface area contributed by atoms with Gasteiger partial charge in [-0.2, -0.15) is 9.98 Å². The second kappa shape index (κ2) is 30.9. The summed E-state index contributed by atoms with van der Waals surface area (Å²) in [5, 5.41) is 49.0. The van der Waals surface area contributed by atoms with E-state index in [-0.39, 0.29) is 39.3 Å². The number of hydrogen-bond acceptors (Lipinski definition) is 10. The lowest BCUT2D eigenvalue weighted by Gasteiger charge is -2.02. The number of aliphatic imine (C=N–C) groups is 2. The zero-order chi connectivity index (χ0) is 32.6. The predicted molar refractivity (Wildman–Crippen MR) is 161 cm³/mol. The van der Waals surface area contributed by atoms with Crippen LogP contribution in [0, 0.1) is 0 Å². The molecule has 2 rings (SSSR count). The Labute approximate surface area is 252 Å². The fraction of sp³-hybridized carbons (Fsp3) is 0.484. The van der Waals surface area contributed by atoms with Crippen LogP contribution in [-0.2, 0) is 25.6 Å². The van der Waals surface area contributed by atoms with E-state index in [1.807, 2.05) is 24.3 Å². The molecule has 43 heavy (non-hydrogen) atoms. The average Bonchev–Trinajstić information content (AvgIpc) is 3.00. The first-order valence-electron chi connectivity index (χ1n) is 14.0. The van der Waals surface area contributed by atoms with Crippen molar-refractivity contribution in [1.82, 2.24) is 0 Å². The molecule has 238 valence electrons. The average molecular weight is 605 g/mol. The normalized spacial score (nSPS) is 9.30. The molecule has 6 N–H and O–H groups in total. The number of aliphatic hydroxyl groups is 4. The van der Waals surface area contributed by atoms with Gasteiger partial charge in [0.05, 0.1) is 11.4 Å². The van der Waals surface area contributed by atoms with Crippen LogP contribution in [0.2, 0.25) is 0 Å². The molecule has 12 nitrogen and oxygen atoms in total. The van der Waals surface area contributed by atoms with E-state index in [9.17, 15) is 19.2 Å². The fourth-order valence-electron chi connectivity index (χ4n) is 3.07. The number of carbonyl (C=O) groups excluding carboxylic acids is 2. The highest BCUT2D eigenvalue weighted by Gasteiger charge is 1.99. The molecular weight excluding hydrogens is 560 g/mol. The molecule has 0 aliphatic carbocycles. The SMILES string of the molecule is O=C(O)CCCCC(=O)O.O=C=Nc1ccc(Cc2ccc(N=C=O)cc2)cc1.OCCCCCCO.OCCCCO. The smallest absolute Gasteiger partial charge is 0.303 e. The van der Waals surface area contributed by atoms with Gasteiger partial charge in [-0.05, 0) is 80.3 Å². The summed E-state index contributed by atoms with van der Waals surface area (Å²) in [6, 6.07) is 14.7. The molecule has 0 fully saturated rings. The molecule has 0 spiro atoms. The first kappa shape index (κ1) is 41.1. The van der Waals surface area contributed by atoms with E-state index in [4.69, 9.17) is 30.6 Å². The molecule has 0 saturated heterocycles. The highest BCUT2D eigenvalue weighted by Crippen LogP contribution is 2.17. The summed E-state index contributed by atoms with van der Waals surface area (Å²) in [4.78, 5) is 47.1. The van der Waals surface area contributed by atoms with Gasteiger partial charge in [0, 0.05) is 39.3 Å². The summed E-state index contributed by atoms with van der Waals surface area (Å²) >= 11 is 0. The molecule has 2 aromatic carbocycles. The van der Waals surface area contributed by atoms with E-state index in [1.165, 1.54) is 12.2 Å². The Kier molecular flexibility index (Phi) is 29.6. The van der Waals surface area contributed by atoms with E-state index in [0.717, 1.165) is 56.1 Å². The topological polar surface area (TPSA) is 214 Å². The van der Waals surface area contributed by atoms with Gasteiger partial charge in [-0.25, -0.2) is 9.59 Å². The maximum Gasteiger partial charge on any atom is 0.303 e. The first-order chi connectivity index (χ1) is 20.8. The van der Waals surface area contributed by atoms with Gasteiger partial charge in [0.15, 0.2) is 0 Å². The summed E-state index contributed by atoms with van der Waals surface area (Å²) in [5.41, 5.74) is 3.40. The molecule has 0 unspecified atom stereocenters. The number of rotatable bonds is 17. The van der Waals surface area contributed by atoms with Crippen LogP contribution in [0.15, 0.2) is 58.5 Å². The molecule has 0 atom stereocenters. The lowest BCUT2D eigenvalue weighted by atomic mass is 10.0. The Morgan fingerprint density at radius 1 is 0.512 bits per heavy atom. The van der Waals surface area contributed by atoms with Gasteiger partial charge in [-0.3, -0.25) is 9.59 Å². The monoisotopic (exact) mass is 604 g/mol. The van der Waals surface area contributed by atoms with Crippen molar-refractivity contribution >= 4 is 35.5 Å². The minimum Gasteiger partial charge on any atom is -0.481 e. The zero-order valence-corrected chi connectivity index (χ0v) is 24.4. The molecule has 0 saturated carbocycles. The van der Waals surface area contributed by atoms with Crippen LogP contribution in [0.25, 0.3) is 0 Å². The standard InChI is InChI=1S/C15H10N2O2.C6H10O4.C6H14O2.C4H10O2/c18-10-16-14-5-1-12(2-6-14)9-13-3-7-15(8-4-13)17-11-19;7-5(8)3-1-2-4-6(9)10;7-5-3-1-2-4-6-8;5-3-1-2-4-6/h1-8H,9H2;1-4H2,(H,7,8)(H,9,10);7-8H,1-6H2;5-6H,1-4H2. The van der Waals surface area contributed by atoms with Gasteiger partial charge in [0.25, 0.3) is 0 Å². The van der Waals surface area contributed by atoms with Crippen LogP contribution >= 0.6 is 0 Å². The Hall–Kier alpha value is -4.02. The fourth-order valence-corrected chi connectivity index (χ4v) is 3.07. The molecule has 12 heteroatoms. The van der Waals surface area contributed by atoms with E-state index in [1.54, 1.807) is 24.3 Å². The Morgan fingerprint density at radius 3 is 1.07 bits per heavy atom. The van der Waals surface area contributed by atoms with Gasteiger partial charge in [0.1, 0.15) is 0 Å². The van der Waals surface area contributed by atoms with Crippen LogP contribution in [-0.4, -0.2) is 81.2 Å². The minimum absolute atomic E-state index is 0.0628. The molecule has 0 amide bonds. The second-order valence-electron chi connectivity index (χ2n) is 8.93. The lowest BCUT2D eigenvalue weighted by molar-refractivity contribution is -0.139. The van der Waals surface area contributed by atoms with Crippen LogP contribution in [0.1, 0.15) is 75.3 Å². The third kappa shape index (κ3) is 29.3. The number of carbonyl (C=O) groups is 2. The lowest BCUT2D eigenvalue weighted by Crippen LogP contribution is -1.97. The van der Waals surface area contributed by atoms with Gasteiger partial charge in [-0.15, -0.1) is 0 Å². The van der Waals surface area contributed by atoms with Crippen LogP contribution < -0.4 is 0 Å². The number of carboxylic acid groups (broad SMARTS) is 2. The molecular formula is C31H44N2O10. The summed E-state index contributed by atoms with van der Waals surface area (Å²) in [7, 11) is 0. The third-order valence-corrected chi connectivity index (χ3v) is 5.29. The van der Waals surface area contributed by atoms with Crippen molar-refractivity contribution < 1.29 is 49.8 Å². The number of benzene rings is 2. The van der Waals surface area contributed by atoms with E-state index < -0.39 is 11.9 Å². The van der Waals surface area contributed by atoms with Crippen molar-refractivity contribution in [3.63, 3.8) is 0 Å². The van der Waals surface area contributed by atoms with Crippen LogP contribution in [0.4, 0.5) is 11.4 Å². The Morgan fingerprint density at radius 2 is 0.814 bits per heavy atom. The van der Waals surface area contributed by atoms with Crippen molar-refractivity contribution in [2.24, 2.45) is 9.98 Å². The van der Waals surface area contributed by atoms with Crippen LogP contribution in [0.5, 0.6) is 0 Å². The Bertz CT molecular complexity index is 977. The number of aliphatic hydroxyl groups excluding tert-OH is 4. The predicted octanol–water partition coefficient (Wildman–Crippen LogP) is 4.21. The highest BCUT2D eigenvalue weighted by atomic mass is 16.4. The van der Waals surface area contributed by atoms with E-state index in [2.05, 4.69) is 9.98 Å². The minimum atomic E-state index is -0.870. The first-order valence-corrected chi connectivity index (χ1v) is 14.0. The molecule has 0 radical (unpaired) electrons. The molecule has 0 aliphatic heterocycles. The maximum atomic E-state index is 10.1. The van der Waals surface area contributed by atoms with Gasteiger partial charge < -0.3 is 30.6 Å². The highest BCUT2D eigenvalue weighted by molar-refractivity contribution is 5.67. The maximum absolute atomic E-state index is 10.1. The molecule has 0 bridgehead atoms. The number of nitrogens with zero attached hydrogens (tertiary/aromatic N) is 2. The number of unbranched alkanes of at least 4 members (excludes halogenated alkanes) is 5. The van der Waals surface area contributed by atoms with E-state index >= 15 is 0 Å². The molecule has 0 heterocycles. The van der Waals surface area contributed by atoms with Gasteiger partial charge >= 0.3 is 11.9 Å². The van der Waals surface area contributed by atoms with Crippen molar-refractivity contribution in [3.05, 3.63) is 59.7 Å². The van der Waals surface area contributed by atoms with Crippen molar-refractivity contribution in [2.45, 2.75) is 70.6 Å². The molecule has 0 aliphatic rings. The molecule has 2 aromatic rings. The van der Waals surface area contributed by atoms with Crippen molar-refractivity contribution in [3.8, 4) is 0 Å².